The van der Waals surface area contributed by atoms with Gasteiger partial charge in [-0.2, -0.15) is 0 Å². The Labute approximate surface area is 196 Å². The Morgan fingerprint density at radius 1 is 1.00 bits per heavy atom. The van der Waals surface area contributed by atoms with E-state index in [0.29, 0.717) is 6.54 Å². The van der Waals surface area contributed by atoms with E-state index in [4.69, 9.17) is 16.6 Å². The molecule has 0 atom stereocenters. The van der Waals surface area contributed by atoms with Gasteiger partial charge in [-0.25, -0.2) is 4.98 Å². The molecule has 1 aliphatic rings. The zero-order valence-electron chi connectivity index (χ0n) is 17.9. The highest BCUT2D eigenvalue weighted by molar-refractivity contribution is 7.16. The summed E-state index contributed by atoms with van der Waals surface area (Å²) in [6, 6.07) is 24.2. The number of hydrogen-bond donors (Lipinski definition) is 0. The van der Waals surface area contributed by atoms with Gasteiger partial charge in [-0.05, 0) is 30.2 Å². The van der Waals surface area contributed by atoms with Gasteiger partial charge in [-0.1, -0.05) is 72.3 Å². The molecule has 0 saturated heterocycles. The lowest BCUT2D eigenvalue weighted by Crippen LogP contribution is -2.40. The quantitative estimate of drug-likeness (QED) is 0.396. The summed E-state index contributed by atoms with van der Waals surface area (Å²) in [5, 5.41) is 0. The Bertz CT molecular complexity index is 1240. The van der Waals surface area contributed by atoms with E-state index in [9.17, 15) is 4.79 Å². The van der Waals surface area contributed by atoms with Crippen molar-refractivity contribution in [2.24, 2.45) is 0 Å². The maximum Gasteiger partial charge on any atom is 0.259 e. The standard InChI is InChI=1S/C26H24ClN3OS/c1-18-28-23-14-15-29(16-21-12-13-24(27)32-21)17-22(23)26(31)30(18)25(19-8-4-2-5-9-19)20-10-6-3-7-11-20/h2-13,25H,14-17H2,1H3. The highest BCUT2D eigenvalue weighted by Gasteiger charge is 2.27. The van der Waals surface area contributed by atoms with Crippen LogP contribution in [0.25, 0.3) is 0 Å². The molecule has 0 unspecified atom stereocenters. The van der Waals surface area contributed by atoms with Crippen LogP contribution in [0.1, 0.15) is 39.1 Å². The van der Waals surface area contributed by atoms with Crippen molar-refractivity contribution in [1.82, 2.24) is 14.5 Å². The fraction of sp³-hybridized carbons (Fsp3) is 0.231. The topological polar surface area (TPSA) is 38.1 Å². The monoisotopic (exact) mass is 461 g/mol. The smallest absolute Gasteiger partial charge is 0.259 e. The molecule has 32 heavy (non-hydrogen) atoms. The van der Waals surface area contributed by atoms with Gasteiger partial charge in [-0.15, -0.1) is 11.3 Å². The number of aryl methyl sites for hydroxylation is 1. The second-order valence-electron chi connectivity index (χ2n) is 8.15. The van der Waals surface area contributed by atoms with E-state index in [1.54, 1.807) is 11.3 Å². The average molecular weight is 462 g/mol. The van der Waals surface area contributed by atoms with Gasteiger partial charge in [0.25, 0.3) is 5.56 Å². The molecule has 0 N–H and O–H groups in total. The van der Waals surface area contributed by atoms with Gasteiger partial charge in [0.1, 0.15) is 5.82 Å². The van der Waals surface area contributed by atoms with E-state index < -0.39 is 0 Å². The Morgan fingerprint density at radius 3 is 2.25 bits per heavy atom. The first-order valence-corrected chi connectivity index (χ1v) is 12.0. The average Bonchev–Trinajstić information content (AvgIpc) is 3.22. The van der Waals surface area contributed by atoms with Crippen LogP contribution in [0.5, 0.6) is 0 Å². The van der Waals surface area contributed by atoms with Gasteiger partial charge in [0.05, 0.1) is 21.6 Å². The third-order valence-corrected chi connectivity index (χ3v) is 7.23. The predicted octanol–water partition coefficient (Wildman–Crippen LogP) is 5.46. The number of aromatic nitrogens is 2. The molecule has 4 aromatic rings. The Morgan fingerprint density at radius 2 is 1.66 bits per heavy atom. The number of fused-ring (bicyclic) bond motifs is 1. The van der Waals surface area contributed by atoms with Gasteiger partial charge in [0.2, 0.25) is 0 Å². The lowest BCUT2D eigenvalue weighted by molar-refractivity contribution is 0.242. The van der Waals surface area contributed by atoms with Crippen LogP contribution < -0.4 is 5.56 Å². The van der Waals surface area contributed by atoms with E-state index in [0.717, 1.165) is 52.1 Å². The second-order valence-corrected chi connectivity index (χ2v) is 9.95. The van der Waals surface area contributed by atoms with Crippen LogP contribution in [0.4, 0.5) is 0 Å². The van der Waals surface area contributed by atoms with E-state index in [1.807, 2.05) is 54.0 Å². The van der Waals surface area contributed by atoms with Crippen molar-refractivity contribution in [2.75, 3.05) is 6.54 Å². The molecule has 0 radical (unpaired) electrons. The van der Waals surface area contributed by atoms with Crippen molar-refractivity contribution >= 4 is 22.9 Å². The molecule has 0 saturated carbocycles. The van der Waals surface area contributed by atoms with Crippen LogP contribution in [-0.4, -0.2) is 21.0 Å². The zero-order chi connectivity index (χ0) is 22.1. The van der Waals surface area contributed by atoms with Gasteiger partial charge in [-0.3, -0.25) is 14.3 Å². The lowest BCUT2D eigenvalue weighted by atomic mass is 9.97. The van der Waals surface area contributed by atoms with Crippen LogP contribution in [0, 0.1) is 6.92 Å². The zero-order valence-corrected chi connectivity index (χ0v) is 19.4. The number of rotatable bonds is 5. The van der Waals surface area contributed by atoms with Crippen molar-refractivity contribution in [3.8, 4) is 0 Å². The Hall–Kier alpha value is -2.73. The summed E-state index contributed by atoms with van der Waals surface area (Å²) in [5.41, 5.74) is 3.95. The highest BCUT2D eigenvalue weighted by atomic mass is 35.5. The SMILES string of the molecule is Cc1nc2c(c(=O)n1C(c1ccccc1)c1ccccc1)CN(Cc1ccc(Cl)s1)CC2. The van der Waals surface area contributed by atoms with Gasteiger partial charge in [0, 0.05) is 30.9 Å². The van der Waals surface area contributed by atoms with Gasteiger partial charge < -0.3 is 0 Å². The molecule has 3 heterocycles. The molecular formula is C26H24ClN3OS. The minimum absolute atomic E-state index is 0.0547. The van der Waals surface area contributed by atoms with Crippen molar-refractivity contribution in [3.63, 3.8) is 0 Å². The molecule has 5 rings (SSSR count). The van der Waals surface area contributed by atoms with Crippen LogP contribution in [0.3, 0.4) is 0 Å². The summed E-state index contributed by atoms with van der Waals surface area (Å²) >= 11 is 7.71. The predicted molar refractivity (Wildman–Crippen MR) is 131 cm³/mol. The number of nitrogens with zero attached hydrogens (tertiary/aromatic N) is 3. The molecule has 0 spiro atoms. The maximum absolute atomic E-state index is 13.9. The van der Waals surface area contributed by atoms with E-state index >= 15 is 0 Å². The minimum Gasteiger partial charge on any atom is -0.293 e. The molecule has 4 nitrogen and oxygen atoms in total. The maximum atomic E-state index is 13.9. The third-order valence-electron chi connectivity index (χ3n) is 6.01. The fourth-order valence-corrected chi connectivity index (χ4v) is 5.65. The normalized spacial score (nSPS) is 14.0. The molecule has 2 aromatic carbocycles. The fourth-order valence-electron chi connectivity index (χ4n) is 4.52. The van der Waals surface area contributed by atoms with Crippen LogP contribution in [0.15, 0.2) is 77.6 Å². The highest BCUT2D eigenvalue weighted by Crippen LogP contribution is 2.28. The first-order valence-electron chi connectivity index (χ1n) is 10.8. The molecule has 2 aromatic heterocycles. The van der Waals surface area contributed by atoms with E-state index in [-0.39, 0.29) is 11.6 Å². The van der Waals surface area contributed by atoms with Crippen LogP contribution in [-0.2, 0) is 19.5 Å². The van der Waals surface area contributed by atoms with Crippen molar-refractivity contribution < 1.29 is 0 Å². The van der Waals surface area contributed by atoms with Crippen molar-refractivity contribution in [2.45, 2.75) is 32.5 Å². The summed E-state index contributed by atoms with van der Waals surface area (Å²) in [6.07, 6.45) is 0.784. The van der Waals surface area contributed by atoms with E-state index in [2.05, 4.69) is 35.2 Å². The molecule has 1 aliphatic heterocycles. The summed E-state index contributed by atoms with van der Waals surface area (Å²) in [7, 11) is 0. The number of benzene rings is 2. The summed E-state index contributed by atoms with van der Waals surface area (Å²) in [4.78, 5) is 22.3. The number of hydrogen-bond acceptors (Lipinski definition) is 4. The van der Waals surface area contributed by atoms with E-state index in [1.165, 1.54) is 4.88 Å². The lowest BCUT2D eigenvalue weighted by Gasteiger charge is -2.30. The molecule has 0 fully saturated rings. The van der Waals surface area contributed by atoms with Crippen molar-refractivity contribution in [3.05, 3.63) is 121 Å². The van der Waals surface area contributed by atoms with Crippen molar-refractivity contribution in [1.29, 1.82) is 0 Å². The third kappa shape index (κ3) is 4.16. The number of halogens is 1. The Kier molecular flexibility index (Phi) is 5.96. The summed E-state index contributed by atoms with van der Waals surface area (Å²) in [5.74, 6) is 0.755. The Balaban J connectivity index is 1.57. The first kappa shape index (κ1) is 21.1. The number of thiophene rings is 1. The second kappa shape index (κ2) is 9.02. The van der Waals surface area contributed by atoms with Gasteiger partial charge >= 0.3 is 0 Å². The molecule has 0 aliphatic carbocycles. The van der Waals surface area contributed by atoms with Crippen LogP contribution in [0.2, 0.25) is 4.34 Å². The molecule has 0 amide bonds. The molecular weight excluding hydrogens is 438 g/mol. The summed E-state index contributed by atoms with van der Waals surface area (Å²) in [6.45, 7) is 4.23. The molecule has 162 valence electrons. The first-order chi connectivity index (χ1) is 15.6. The minimum atomic E-state index is -0.214. The van der Waals surface area contributed by atoms with Gasteiger partial charge in [0.15, 0.2) is 0 Å². The largest absolute Gasteiger partial charge is 0.293 e. The molecule has 6 heteroatoms. The summed E-state index contributed by atoms with van der Waals surface area (Å²) < 4.78 is 2.67. The van der Waals surface area contributed by atoms with Crippen LogP contribution >= 0.6 is 22.9 Å². The molecule has 0 bridgehead atoms.